The fraction of sp³-hybridized carbons (Fsp3) is 0.364. The number of hydrogen-bond acceptors (Lipinski definition) is 2. The largest absolute Gasteiger partial charge is 0.348 e. The van der Waals surface area contributed by atoms with Gasteiger partial charge in [0.05, 0.1) is 6.04 Å². The molecule has 74 valence electrons. The van der Waals surface area contributed by atoms with Gasteiger partial charge in [0.1, 0.15) is 5.25 Å². The Labute approximate surface area is 88.1 Å². The van der Waals surface area contributed by atoms with Gasteiger partial charge in [-0.05, 0) is 24.3 Å². The molecule has 2 atom stereocenters. The molecule has 0 saturated heterocycles. The second-order valence-corrected chi connectivity index (χ2v) is 4.42. The summed E-state index contributed by atoms with van der Waals surface area (Å²) in [5.74, 6) is 0.128. The topological polar surface area (TPSA) is 29.1 Å². The lowest BCUT2D eigenvalue weighted by atomic mass is 9.95. The van der Waals surface area contributed by atoms with Crippen molar-refractivity contribution in [1.82, 2.24) is 5.32 Å². The third kappa shape index (κ3) is 1.42. The van der Waals surface area contributed by atoms with E-state index in [1.54, 1.807) is 11.8 Å². The highest BCUT2D eigenvalue weighted by Gasteiger charge is 2.29. The Morgan fingerprint density at radius 3 is 2.57 bits per heavy atom. The number of benzene rings is 1. The molecule has 1 heterocycles. The van der Waals surface area contributed by atoms with Crippen molar-refractivity contribution in [2.45, 2.75) is 18.2 Å². The van der Waals surface area contributed by atoms with Crippen LogP contribution in [0.5, 0.6) is 0 Å². The number of amides is 1. The summed E-state index contributed by atoms with van der Waals surface area (Å²) in [6.07, 6.45) is 1.97. The fourth-order valence-electron chi connectivity index (χ4n) is 1.89. The maximum Gasteiger partial charge on any atom is 0.238 e. The Morgan fingerprint density at radius 1 is 1.29 bits per heavy atom. The maximum absolute atomic E-state index is 11.7. The molecule has 0 saturated carbocycles. The predicted octanol–water partition coefficient (Wildman–Crippen LogP) is 2.28. The molecule has 1 aromatic carbocycles. The van der Waals surface area contributed by atoms with Crippen molar-refractivity contribution in [3.05, 3.63) is 35.4 Å². The van der Waals surface area contributed by atoms with Gasteiger partial charge in [-0.3, -0.25) is 4.79 Å². The summed E-state index contributed by atoms with van der Waals surface area (Å²) in [4.78, 5) is 11.7. The zero-order chi connectivity index (χ0) is 10.1. The van der Waals surface area contributed by atoms with Gasteiger partial charge < -0.3 is 5.32 Å². The van der Waals surface area contributed by atoms with Crippen molar-refractivity contribution in [2.24, 2.45) is 0 Å². The minimum absolute atomic E-state index is 0.0394. The standard InChI is InChI=1S/C11H13NOS/c1-7-8-5-3-4-6-9(8)10(14-2)11(13)12-7/h3-7,10H,1-2H3,(H,12,13). The van der Waals surface area contributed by atoms with E-state index >= 15 is 0 Å². The van der Waals surface area contributed by atoms with Gasteiger partial charge in [0.15, 0.2) is 0 Å². The third-order valence-electron chi connectivity index (χ3n) is 2.58. The molecule has 1 aliphatic rings. The monoisotopic (exact) mass is 207 g/mol. The Bertz CT molecular complexity index is 364. The summed E-state index contributed by atoms with van der Waals surface area (Å²) in [7, 11) is 0. The molecule has 0 bridgehead atoms. The lowest BCUT2D eigenvalue weighted by molar-refractivity contribution is -0.121. The highest BCUT2D eigenvalue weighted by Crippen LogP contribution is 2.36. The van der Waals surface area contributed by atoms with Crippen LogP contribution in [0.1, 0.15) is 29.3 Å². The van der Waals surface area contributed by atoms with Crippen LogP contribution in [0.4, 0.5) is 0 Å². The number of fused-ring (bicyclic) bond motifs is 1. The number of nitrogens with one attached hydrogen (secondary N) is 1. The van der Waals surface area contributed by atoms with Crippen molar-refractivity contribution in [3.8, 4) is 0 Å². The van der Waals surface area contributed by atoms with Crippen molar-refractivity contribution in [2.75, 3.05) is 6.26 Å². The van der Waals surface area contributed by atoms with Gasteiger partial charge in [-0.25, -0.2) is 0 Å². The molecule has 0 spiro atoms. The molecule has 3 heteroatoms. The minimum atomic E-state index is -0.0394. The van der Waals surface area contributed by atoms with Crippen LogP contribution in [-0.2, 0) is 4.79 Å². The van der Waals surface area contributed by atoms with Gasteiger partial charge in [-0.2, -0.15) is 0 Å². The predicted molar refractivity (Wildman–Crippen MR) is 59.3 cm³/mol. The molecule has 1 aliphatic heterocycles. The summed E-state index contributed by atoms with van der Waals surface area (Å²) >= 11 is 1.59. The van der Waals surface area contributed by atoms with Gasteiger partial charge in [-0.1, -0.05) is 24.3 Å². The van der Waals surface area contributed by atoms with Gasteiger partial charge in [0.2, 0.25) is 5.91 Å². The van der Waals surface area contributed by atoms with Crippen LogP contribution in [0.3, 0.4) is 0 Å². The van der Waals surface area contributed by atoms with Crippen LogP contribution in [0.2, 0.25) is 0 Å². The Hall–Kier alpha value is -0.960. The van der Waals surface area contributed by atoms with E-state index in [0.717, 1.165) is 5.56 Å². The van der Waals surface area contributed by atoms with Crippen LogP contribution in [0.15, 0.2) is 24.3 Å². The fourth-order valence-corrected chi connectivity index (χ4v) is 2.64. The second kappa shape index (κ2) is 3.65. The third-order valence-corrected chi connectivity index (χ3v) is 3.52. The Balaban J connectivity index is 2.50. The summed E-state index contributed by atoms with van der Waals surface area (Å²) < 4.78 is 0. The SMILES string of the molecule is CSC1C(=O)NC(C)c2ccccc21. The summed E-state index contributed by atoms with van der Waals surface area (Å²) in [5.41, 5.74) is 2.41. The molecule has 0 fully saturated rings. The first-order valence-electron chi connectivity index (χ1n) is 4.66. The summed E-state index contributed by atoms with van der Waals surface area (Å²) in [6.45, 7) is 2.02. The van der Waals surface area contributed by atoms with E-state index in [-0.39, 0.29) is 17.2 Å². The van der Waals surface area contributed by atoms with E-state index in [1.165, 1.54) is 5.56 Å². The summed E-state index contributed by atoms with van der Waals surface area (Å²) in [5, 5.41) is 2.94. The van der Waals surface area contributed by atoms with E-state index < -0.39 is 0 Å². The molecule has 2 rings (SSSR count). The zero-order valence-electron chi connectivity index (χ0n) is 8.28. The van der Waals surface area contributed by atoms with Crippen molar-refractivity contribution in [1.29, 1.82) is 0 Å². The highest BCUT2D eigenvalue weighted by atomic mass is 32.2. The maximum atomic E-state index is 11.7. The van der Waals surface area contributed by atoms with Gasteiger partial charge in [0.25, 0.3) is 0 Å². The molecule has 2 unspecified atom stereocenters. The van der Waals surface area contributed by atoms with Gasteiger partial charge >= 0.3 is 0 Å². The van der Waals surface area contributed by atoms with Crippen LogP contribution in [0, 0.1) is 0 Å². The first-order chi connectivity index (χ1) is 6.74. The Kier molecular flexibility index (Phi) is 2.50. The van der Waals surface area contributed by atoms with Crippen LogP contribution < -0.4 is 5.32 Å². The number of rotatable bonds is 1. The van der Waals surface area contributed by atoms with Crippen molar-refractivity contribution in [3.63, 3.8) is 0 Å². The molecule has 0 aromatic heterocycles. The van der Waals surface area contributed by atoms with E-state index in [1.807, 2.05) is 31.4 Å². The van der Waals surface area contributed by atoms with E-state index in [0.29, 0.717) is 0 Å². The molecule has 1 aromatic rings. The molecule has 0 radical (unpaired) electrons. The quantitative estimate of drug-likeness (QED) is 0.765. The normalized spacial score (nSPS) is 25.4. The smallest absolute Gasteiger partial charge is 0.238 e. The molecular weight excluding hydrogens is 194 g/mol. The molecule has 2 nitrogen and oxygen atoms in total. The second-order valence-electron chi connectivity index (χ2n) is 3.47. The van der Waals surface area contributed by atoms with E-state index in [9.17, 15) is 4.79 Å². The minimum Gasteiger partial charge on any atom is -0.348 e. The van der Waals surface area contributed by atoms with E-state index in [2.05, 4.69) is 11.4 Å². The number of thioether (sulfide) groups is 1. The van der Waals surface area contributed by atoms with Crippen LogP contribution in [-0.4, -0.2) is 12.2 Å². The van der Waals surface area contributed by atoms with Crippen molar-refractivity contribution < 1.29 is 4.79 Å². The van der Waals surface area contributed by atoms with Crippen molar-refractivity contribution >= 4 is 17.7 Å². The molecular formula is C11H13NOS. The number of carbonyl (C=O) groups excluding carboxylic acids is 1. The lowest BCUT2D eigenvalue weighted by Gasteiger charge is -2.28. The van der Waals surface area contributed by atoms with E-state index in [4.69, 9.17) is 0 Å². The molecule has 1 amide bonds. The number of hydrogen-bond donors (Lipinski definition) is 1. The summed E-state index contributed by atoms with van der Waals surface area (Å²) in [6, 6.07) is 8.29. The van der Waals surface area contributed by atoms with Crippen LogP contribution in [0.25, 0.3) is 0 Å². The first kappa shape index (κ1) is 9.59. The molecule has 1 N–H and O–H groups in total. The zero-order valence-corrected chi connectivity index (χ0v) is 9.10. The highest BCUT2D eigenvalue weighted by molar-refractivity contribution is 7.99. The lowest BCUT2D eigenvalue weighted by Crippen LogP contribution is -2.35. The van der Waals surface area contributed by atoms with Gasteiger partial charge in [0, 0.05) is 0 Å². The number of carbonyl (C=O) groups is 1. The average Bonchev–Trinajstić information content (AvgIpc) is 2.18. The van der Waals surface area contributed by atoms with Gasteiger partial charge in [-0.15, -0.1) is 11.8 Å². The molecule has 0 aliphatic carbocycles. The van der Waals surface area contributed by atoms with Crippen LogP contribution >= 0.6 is 11.8 Å². The Morgan fingerprint density at radius 2 is 1.93 bits per heavy atom. The first-order valence-corrected chi connectivity index (χ1v) is 5.95. The average molecular weight is 207 g/mol. The molecule has 14 heavy (non-hydrogen) atoms.